The second-order valence-electron chi connectivity index (χ2n) is 2.45. The molecular formula is C6H14N2. The molecule has 0 aliphatic carbocycles. The number of piperidine rings is 1. The van der Waals surface area contributed by atoms with E-state index in [1.54, 1.807) is 0 Å². The molecule has 0 radical (unpaired) electrons. The quantitative estimate of drug-likeness (QED) is 0.501. The molecule has 0 saturated carbocycles. The Morgan fingerprint density at radius 1 is 1.62 bits per heavy atom. The van der Waals surface area contributed by atoms with Crippen LogP contribution < -0.4 is 11.1 Å². The van der Waals surface area contributed by atoms with Crippen LogP contribution in [0.4, 0.5) is 0 Å². The fourth-order valence-electron chi connectivity index (χ4n) is 1.13. The lowest BCUT2D eigenvalue weighted by Crippen LogP contribution is -2.33. The van der Waals surface area contributed by atoms with E-state index in [1.165, 1.54) is 19.4 Å². The zero-order chi connectivity index (χ0) is 5.82. The molecule has 8 heavy (non-hydrogen) atoms. The van der Waals surface area contributed by atoms with Crippen molar-refractivity contribution in [2.45, 2.75) is 12.8 Å². The van der Waals surface area contributed by atoms with Crippen molar-refractivity contribution in [3.63, 3.8) is 0 Å². The third-order valence-corrected chi connectivity index (χ3v) is 1.73. The van der Waals surface area contributed by atoms with E-state index in [-0.39, 0.29) is 0 Å². The molecule has 1 aliphatic heterocycles. The molecule has 0 bridgehead atoms. The molecule has 0 aromatic heterocycles. The van der Waals surface area contributed by atoms with Crippen LogP contribution in [0.5, 0.6) is 0 Å². The standard InChI is InChI=1S/C6H14N2/c7-4-6-2-1-3-8-5-6/h6,8H,1-5,7H2. The first-order valence-electron chi connectivity index (χ1n) is 3.34. The molecule has 3 N–H and O–H groups in total. The molecule has 1 fully saturated rings. The Morgan fingerprint density at radius 2 is 2.50 bits per heavy atom. The summed E-state index contributed by atoms with van der Waals surface area (Å²) >= 11 is 0. The summed E-state index contributed by atoms with van der Waals surface area (Å²) in [5.41, 5.74) is 5.46. The van der Waals surface area contributed by atoms with Gasteiger partial charge in [0.25, 0.3) is 0 Å². The summed E-state index contributed by atoms with van der Waals surface area (Å²) in [6.45, 7) is 3.18. The van der Waals surface area contributed by atoms with Crippen LogP contribution in [0, 0.1) is 5.92 Å². The SMILES string of the molecule is NCC1CCCNC1. The Bertz CT molecular complexity index is 57.5. The van der Waals surface area contributed by atoms with Gasteiger partial charge in [-0.15, -0.1) is 0 Å². The van der Waals surface area contributed by atoms with Crippen molar-refractivity contribution in [3.05, 3.63) is 0 Å². The third-order valence-electron chi connectivity index (χ3n) is 1.73. The first-order chi connectivity index (χ1) is 3.93. The molecule has 1 heterocycles. The van der Waals surface area contributed by atoms with Crippen LogP contribution in [0.1, 0.15) is 12.8 Å². The highest BCUT2D eigenvalue weighted by molar-refractivity contribution is 4.68. The van der Waals surface area contributed by atoms with E-state index < -0.39 is 0 Å². The molecule has 1 atom stereocenters. The van der Waals surface area contributed by atoms with Gasteiger partial charge in [-0.2, -0.15) is 0 Å². The normalized spacial score (nSPS) is 30.4. The van der Waals surface area contributed by atoms with Crippen molar-refractivity contribution in [3.8, 4) is 0 Å². The maximum atomic E-state index is 5.46. The van der Waals surface area contributed by atoms with Gasteiger partial charge in [0.1, 0.15) is 0 Å². The van der Waals surface area contributed by atoms with Gasteiger partial charge in [0.2, 0.25) is 0 Å². The van der Waals surface area contributed by atoms with Gasteiger partial charge in [0.15, 0.2) is 0 Å². The van der Waals surface area contributed by atoms with E-state index in [0.717, 1.165) is 19.0 Å². The largest absolute Gasteiger partial charge is 0.330 e. The molecule has 1 rings (SSSR count). The van der Waals surface area contributed by atoms with E-state index in [1.807, 2.05) is 0 Å². The molecule has 0 aromatic carbocycles. The summed E-state index contributed by atoms with van der Waals surface area (Å²) in [6, 6.07) is 0. The zero-order valence-corrected chi connectivity index (χ0v) is 5.19. The van der Waals surface area contributed by atoms with E-state index in [4.69, 9.17) is 5.73 Å². The van der Waals surface area contributed by atoms with Crippen molar-refractivity contribution in [1.29, 1.82) is 0 Å². The van der Waals surface area contributed by atoms with Gasteiger partial charge in [-0.25, -0.2) is 0 Å². The fourth-order valence-corrected chi connectivity index (χ4v) is 1.13. The average Bonchev–Trinajstić information content (AvgIpc) is 1.90. The summed E-state index contributed by atoms with van der Waals surface area (Å²) in [5.74, 6) is 0.753. The number of nitrogens with two attached hydrogens (primary N) is 1. The highest BCUT2D eigenvalue weighted by atomic mass is 14.9. The first-order valence-corrected chi connectivity index (χ1v) is 3.34. The zero-order valence-electron chi connectivity index (χ0n) is 5.19. The fraction of sp³-hybridized carbons (Fsp3) is 1.00. The van der Waals surface area contributed by atoms with Crippen LogP contribution in [0.3, 0.4) is 0 Å². The average molecular weight is 114 g/mol. The maximum absolute atomic E-state index is 5.46. The maximum Gasteiger partial charge on any atom is -0.000845 e. The lowest BCUT2D eigenvalue weighted by atomic mass is 10.0. The summed E-state index contributed by atoms with van der Waals surface area (Å²) in [4.78, 5) is 0. The highest BCUT2D eigenvalue weighted by Crippen LogP contribution is 2.06. The van der Waals surface area contributed by atoms with Crippen molar-refractivity contribution in [2.24, 2.45) is 11.7 Å². The first kappa shape index (κ1) is 6.05. The molecule has 1 unspecified atom stereocenters. The predicted molar refractivity (Wildman–Crippen MR) is 34.6 cm³/mol. The molecule has 48 valence electrons. The monoisotopic (exact) mass is 114 g/mol. The minimum atomic E-state index is 0.753. The van der Waals surface area contributed by atoms with Crippen molar-refractivity contribution in [2.75, 3.05) is 19.6 Å². The molecular weight excluding hydrogens is 100 g/mol. The topological polar surface area (TPSA) is 38.0 Å². The molecule has 2 nitrogen and oxygen atoms in total. The minimum absolute atomic E-state index is 0.753. The van der Waals surface area contributed by atoms with Gasteiger partial charge in [-0.1, -0.05) is 0 Å². The predicted octanol–water partition coefficient (Wildman–Crippen LogP) is -0.0553. The van der Waals surface area contributed by atoms with Crippen molar-refractivity contribution >= 4 is 0 Å². The van der Waals surface area contributed by atoms with Crippen LogP contribution >= 0.6 is 0 Å². The van der Waals surface area contributed by atoms with E-state index in [0.29, 0.717) is 0 Å². The van der Waals surface area contributed by atoms with Gasteiger partial charge >= 0.3 is 0 Å². The molecule has 1 aliphatic rings. The van der Waals surface area contributed by atoms with Crippen LogP contribution in [-0.4, -0.2) is 19.6 Å². The summed E-state index contributed by atoms with van der Waals surface area (Å²) in [6.07, 6.45) is 2.63. The number of hydrogen-bond donors (Lipinski definition) is 2. The van der Waals surface area contributed by atoms with E-state index in [9.17, 15) is 0 Å². The molecule has 2 heteroatoms. The lowest BCUT2D eigenvalue weighted by Gasteiger charge is -2.20. The van der Waals surface area contributed by atoms with Gasteiger partial charge in [-0.3, -0.25) is 0 Å². The van der Waals surface area contributed by atoms with Gasteiger partial charge in [-0.05, 0) is 38.4 Å². The van der Waals surface area contributed by atoms with Crippen LogP contribution in [-0.2, 0) is 0 Å². The summed E-state index contributed by atoms with van der Waals surface area (Å²) in [7, 11) is 0. The van der Waals surface area contributed by atoms with Crippen LogP contribution in [0.2, 0.25) is 0 Å². The van der Waals surface area contributed by atoms with Gasteiger partial charge in [0.05, 0.1) is 0 Å². The van der Waals surface area contributed by atoms with E-state index in [2.05, 4.69) is 5.32 Å². The molecule has 0 amide bonds. The van der Waals surface area contributed by atoms with Crippen molar-refractivity contribution < 1.29 is 0 Å². The second kappa shape index (κ2) is 3.05. The minimum Gasteiger partial charge on any atom is -0.330 e. The second-order valence-corrected chi connectivity index (χ2v) is 2.45. The number of hydrogen-bond acceptors (Lipinski definition) is 2. The molecule has 0 spiro atoms. The summed E-state index contributed by atoms with van der Waals surface area (Å²) in [5, 5.41) is 3.31. The molecule has 1 saturated heterocycles. The van der Waals surface area contributed by atoms with Gasteiger partial charge < -0.3 is 11.1 Å². The Balaban J connectivity index is 2.13. The van der Waals surface area contributed by atoms with E-state index >= 15 is 0 Å². The molecule has 0 aromatic rings. The number of rotatable bonds is 1. The summed E-state index contributed by atoms with van der Waals surface area (Å²) < 4.78 is 0. The van der Waals surface area contributed by atoms with Gasteiger partial charge in [0, 0.05) is 0 Å². The van der Waals surface area contributed by atoms with Crippen LogP contribution in [0.15, 0.2) is 0 Å². The Morgan fingerprint density at radius 3 is 2.88 bits per heavy atom. The smallest absolute Gasteiger partial charge is 0.000845 e. The highest BCUT2D eigenvalue weighted by Gasteiger charge is 2.09. The van der Waals surface area contributed by atoms with Crippen molar-refractivity contribution in [1.82, 2.24) is 5.32 Å². The third kappa shape index (κ3) is 1.46. The lowest BCUT2D eigenvalue weighted by molar-refractivity contribution is 0.385. The Kier molecular flexibility index (Phi) is 2.30. The Hall–Kier alpha value is -0.0800. The Labute approximate surface area is 50.4 Å². The number of nitrogens with one attached hydrogen (secondary N) is 1. The van der Waals surface area contributed by atoms with Crippen LogP contribution in [0.25, 0.3) is 0 Å².